The van der Waals surface area contributed by atoms with Crippen molar-refractivity contribution in [3.8, 4) is 17.2 Å². The van der Waals surface area contributed by atoms with Crippen LogP contribution in [0, 0.1) is 11.3 Å². The number of nitrogens with one attached hydrogen (secondary N) is 1. The van der Waals surface area contributed by atoms with Crippen LogP contribution in [-0.2, 0) is 20.2 Å². The highest BCUT2D eigenvalue weighted by Crippen LogP contribution is 2.45. The minimum Gasteiger partial charge on any atom is -0.389 e. The predicted octanol–water partition coefficient (Wildman–Crippen LogP) is 5.36. The standard InChI is InChI=1S/C23H19N5O6S3/c1-2-26-14-6-3-5-13(9-14)21-18(12-24)22(25)35-23(21)28-27-15-10-17-16(20(11-15)37(32,33)34)7-4-8-19(17)36(29,30)31/h3-11,26H,2,25H2,1H3,(H,29,30,31)(H,32,33,34)/b28-27+. The van der Waals surface area contributed by atoms with E-state index in [-0.39, 0.29) is 32.0 Å². The fourth-order valence-electron chi connectivity index (χ4n) is 3.78. The van der Waals surface area contributed by atoms with Crippen molar-refractivity contribution in [2.75, 3.05) is 17.6 Å². The molecule has 190 valence electrons. The Labute approximate surface area is 216 Å². The summed E-state index contributed by atoms with van der Waals surface area (Å²) in [4.78, 5) is -1.19. The SMILES string of the molecule is CCNc1cccc(-c2c(/N=N/c3cc(S(=O)(=O)O)c4cccc(S(=O)(=O)O)c4c3)sc(N)c2C#N)c1. The van der Waals surface area contributed by atoms with E-state index in [9.17, 15) is 31.2 Å². The van der Waals surface area contributed by atoms with Gasteiger partial charge in [-0.15, -0.1) is 10.2 Å². The number of nitrogen functional groups attached to an aromatic ring is 1. The lowest BCUT2D eigenvalue weighted by Crippen LogP contribution is -2.03. The first-order valence-corrected chi connectivity index (χ1v) is 14.2. The smallest absolute Gasteiger partial charge is 0.295 e. The first-order valence-electron chi connectivity index (χ1n) is 10.5. The van der Waals surface area contributed by atoms with Crippen LogP contribution in [0.5, 0.6) is 0 Å². The maximum absolute atomic E-state index is 12.1. The molecule has 0 saturated carbocycles. The summed E-state index contributed by atoms with van der Waals surface area (Å²) in [6, 6.07) is 15.1. The average molecular weight is 558 g/mol. The van der Waals surface area contributed by atoms with Crippen LogP contribution in [0.3, 0.4) is 0 Å². The highest BCUT2D eigenvalue weighted by Gasteiger charge is 2.22. The van der Waals surface area contributed by atoms with Crippen LogP contribution < -0.4 is 11.1 Å². The van der Waals surface area contributed by atoms with Crippen LogP contribution in [0.1, 0.15) is 12.5 Å². The molecule has 0 aliphatic rings. The summed E-state index contributed by atoms with van der Waals surface area (Å²) in [5.41, 5.74) is 7.98. The molecule has 0 atom stereocenters. The van der Waals surface area contributed by atoms with E-state index in [0.29, 0.717) is 17.7 Å². The van der Waals surface area contributed by atoms with E-state index >= 15 is 0 Å². The van der Waals surface area contributed by atoms with E-state index < -0.39 is 30.0 Å². The molecule has 1 heterocycles. The average Bonchev–Trinajstić information content (AvgIpc) is 3.16. The number of nitriles is 1. The molecule has 5 N–H and O–H groups in total. The zero-order valence-corrected chi connectivity index (χ0v) is 21.5. The van der Waals surface area contributed by atoms with Gasteiger partial charge < -0.3 is 11.1 Å². The first kappa shape index (κ1) is 26.2. The van der Waals surface area contributed by atoms with Crippen molar-refractivity contribution < 1.29 is 25.9 Å². The Morgan fingerprint density at radius 2 is 1.68 bits per heavy atom. The maximum Gasteiger partial charge on any atom is 0.295 e. The molecule has 0 bridgehead atoms. The molecular formula is C23H19N5O6S3. The monoisotopic (exact) mass is 557 g/mol. The Bertz CT molecular complexity index is 1820. The molecule has 0 fully saturated rings. The number of hydrogen-bond acceptors (Lipinski definition) is 10. The van der Waals surface area contributed by atoms with Crippen molar-refractivity contribution in [3.63, 3.8) is 0 Å². The Kier molecular flexibility index (Phi) is 7.00. The lowest BCUT2D eigenvalue weighted by atomic mass is 10.0. The third-order valence-electron chi connectivity index (χ3n) is 5.28. The fourth-order valence-corrected chi connectivity index (χ4v) is 6.07. The molecule has 0 unspecified atom stereocenters. The zero-order chi connectivity index (χ0) is 27.0. The van der Waals surface area contributed by atoms with Crippen LogP contribution in [0.25, 0.3) is 21.9 Å². The van der Waals surface area contributed by atoms with Crippen molar-refractivity contribution in [2.45, 2.75) is 16.7 Å². The highest BCUT2D eigenvalue weighted by molar-refractivity contribution is 7.86. The predicted molar refractivity (Wildman–Crippen MR) is 141 cm³/mol. The zero-order valence-electron chi connectivity index (χ0n) is 19.1. The Balaban J connectivity index is 1.93. The van der Waals surface area contributed by atoms with Gasteiger partial charge in [0.25, 0.3) is 20.2 Å². The van der Waals surface area contributed by atoms with Crippen LogP contribution in [-0.4, -0.2) is 32.5 Å². The van der Waals surface area contributed by atoms with Gasteiger partial charge in [0, 0.05) is 28.6 Å². The summed E-state index contributed by atoms with van der Waals surface area (Å²) in [6.45, 7) is 2.62. The fraction of sp³-hybridized carbons (Fsp3) is 0.0870. The van der Waals surface area contributed by atoms with E-state index in [4.69, 9.17) is 5.73 Å². The van der Waals surface area contributed by atoms with Crippen molar-refractivity contribution in [1.29, 1.82) is 5.26 Å². The van der Waals surface area contributed by atoms with Gasteiger partial charge in [-0.2, -0.15) is 22.1 Å². The van der Waals surface area contributed by atoms with E-state index in [1.54, 1.807) is 12.1 Å². The summed E-state index contributed by atoms with van der Waals surface area (Å²) in [6.07, 6.45) is 0. The van der Waals surface area contributed by atoms with Crippen molar-refractivity contribution >= 4 is 63.7 Å². The van der Waals surface area contributed by atoms with E-state index in [1.807, 2.05) is 19.1 Å². The summed E-state index contributed by atoms with van der Waals surface area (Å²) in [5.74, 6) is 0. The minimum atomic E-state index is -4.81. The van der Waals surface area contributed by atoms with Gasteiger partial charge in [-0.25, -0.2) is 0 Å². The normalized spacial score (nSPS) is 12.2. The molecule has 4 rings (SSSR count). The Morgan fingerprint density at radius 1 is 0.973 bits per heavy atom. The number of nitrogens with two attached hydrogens (primary N) is 1. The molecule has 0 spiro atoms. The van der Waals surface area contributed by atoms with Gasteiger partial charge in [0.1, 0.15) is 25.9 Å². The number of benzene rings is 3. The van der Waals surface area contributed by atoms with Gasteiger partial charge in [0.05, 0.1) is 11.3 Å². The number of rotatable bonds is 7. The molecule has 1 aromatic heterocycles. The van der Waals surface area contributed by atoms with E-state index in [0.717, 1.165) is 29.2 Å². The molecule has 3 aromatic carbocycles. The van der Waals surface area contributed by atoms with Crippen LogP contribution in [0.15, 0.2) is 74.6 Å². The number of azo groups is 1. The molecule has 0 aliphatic carbocycles. The lowest BCUT2D eigenvalue weighted by molar-refractivity contribution is 0.481. The van der Waals surface area contributed by atoms with Gasteiger partial charge >= 0.3 is 0 Å². The molecule has 4 aromatic rings. The molecule has 37 heavy (non-hydrogen) atoms. The molecular weight excluding hydrogens is 538 g/mol. The summed E-state index contributed by atoms with van der Waals surface area (Å²) in [5, 5.41) is 21.3. The van der Waals surface area contributed by atoms with Crippen LogP contribution >= 0.6 is 11.3 Å². The van der Waals surface area contributed by atoms with Gasteiger partial charge in [0.2, 0.25) is 0 Å². The Hall–Kier alpha value is -3.87. The summed E-state index contributed by atoms with van der Waals surface area (Å²) in [7, 11) is -9.55. The molecule has 0 amide bonds. The van der Waals surface area contributed by atoms with Gasteiger partial charge in [-0.05, 0) is 42.8 Å². The summed E-state index contributed by atoms with van der Waals surface area (Å²) < 4.78 is 67.3. The van der Waals surface area contributed by atoms with Crippen molar-refractivity contribution in [1.82, 2.24) is 0 Å². The number of nitrogens with zero attached hydrogens (tertiary/aromatic N) is 3. The second kappa shape index (κ2) is 9.88. The van der Waals surface area contributed by atoms with Gasteiger partial charge in [0.15, 0.2) is 0 Å². The third-order valence-corrected chi connectivity index (χ3v) is 7.98. The lowest BCUT2D eigenvalue weighted by Gasteiger charge is -2.09. The van der Waals surface area contributed by atoms with Crippen molar-refractivity contribution in [2.24, 2.45) is 10.2 Å². The first-order chi connectivity index (χ1) is 17.4. The largest absolute Gasteiger partial charge is 0.389 e. The molecule has 0 aliphatic heterocycles. The highest BCUT2D eigenvalue weighted by atomic mass is 32.2. The van der Waals surface area contributed by atoms with Crippen molar-refractivity contribution in [3.05, 3.63) is 60.2 Å². The number of fused-ring (bicyclic) bond motifs is 1. The van der Waals surface area contributed by atoms with E-state index in [1.165, 1.54) is 18.2 Å². The molecule has 11 nitrogen and oxygen atoms in total. The summed E-state index contributed by atoms with van der Waals surface area (Å²) >= 11 is 0.991. The molecule has 0 radical (unpaired) electrons. The van der Waals surface area contributed by atoms with Crippen LogP contribution in [0.4, 0.5) is 21.4 Å². The van der Waals surface area contributed by atoms with Crippen LogP contribution in [0.2, 0.25) is 0 Å². The third kappa shape index (κ3) is 5.31. The molecule has 14 heteroatoms. The minimum absolute atomic E-state index is 0.131. The second-order valence-electron chi connectivity index (χ2n) is 7.69. The quantitative estimate of drug-likeness (QED) is 0.171. The van der Waals surface area contributed by atoms with Gasteiger partial charge in [-0.1, -0.05) is 35.6 Å². The second-order valence-corrected chi connectivity index (χ2v) is 11.5. The maximum atomic E-state index is 12.1. The number of anilines is 2. The number of thiophene rings is 1. The topological polar surface area (TPSA) is 195 Å². The number of hydrogen-bond donors (Lipinski definition) is 4. The van der Waals surface area contributed by atoms with E-state index in [2.05, 4.69) is 21.6 Å². The van der Waals surface area contributed by atoms with Gasteiger partial charge in [-0.3, -0.25) is 9.11 Å². The Morgan fingerprint density at radius 3 is 2.32 bits per heavy atom. The molecule has 0 saturated heterocycles.